The van der Waals surface area contributed by atoms with Gasteiger partial charge in [0, 0.05) is 28.9 Å². The van der Waals surface area contributed by atoms with Gasteiger partial charge in [0.15, 0.2) is 0 Å². The van der Waals surface area contributed by atoms with Crippen molar-refractivity contribution >= 4 is 34.5 Å². The molecule has 0 radical (unpaired) electrons. The first-order valence-corrected chi connectivity index (χ1v) is 9.87. The van der Waals surface area contributed by atoms with Crippen molar-refractivity contribution in [2.75, 3.05) is 4.90 Å². The summed E-state index contributed by atoms with van der Waals surface area (Å²) in [6.07, 6.45) is 4.88. The molecule has 1 aliphatic heterocycles. The van der Waals surface area contributed by atoms with Gasteiger partial charge in [-0.2, -0.15) is 5.10 Å². The van der Waals surface area contributed by atoms with Gasteiger partial charge in [-0.15, -0.1) is 0 Å². The minimum atomic E-state index is -0.300. The zero-order chi connectivity index (χ0) is 21.2. The lowest BCUT2D eigenvalue weighted by molar-refractivity contribution is 0.0953. The monoisotopic (exact) mass is 406 g/mol. The minimum absolute atomic E-state index is 0.000862. The normalized spacial score (nSPS) is 12.6. The standard InChI is InChI=1S/C25H18N4O2/c30-24(28-27-15-17-11-13-26-14-12-17)20-9-7-18(8-10-20)16-29-22-6-2-4-19-3-1-5-21(23(19)22)25(29)31/h1-15H,16H2,(H,28,30). The number of anilines is 1. The van der Waals surface area contributed by atoms with Gasteiger partial charge in [0.1, 0.15) is 0 Å². The van der Waals surface area contributed by atoms with Gasteiger partial charge in [-0.05, 0) is 52.9 Å². The zero-order valence-corrected chi connectivity index (χ0v) is 16.5. The van der Waals surface area contributed by atoms with Crippen LogP contribution < -0.4 is 10.3 Å². The SMILES string of the molecule is O=C(NN=Cc1ccncc1)c1ccc(CN2C(=O)c3cccc4cccc2c34)cc1. The lowest BCUT2D eigenvalue weighted by Gasteiger charge is -2.18. The summed E-state index contributed by atoms with van der Waals surface area (Å²) in [5.74, 6) is -0.301. The second kappa shape index (κ2) is 7.84. The van der Waals surface area contributed by atoms with Crippen LogP contribution in [0.5, 0.6) is 0 Å². The lowest BCUT2D eigenvalue weighted by Crippen LogP contribution is -2.26. The van der Waals surface area contributed by atoms with Crippen LogP contribution in [0.15, 0.2) is 90.3 Å². The molecule has 31 heavy (non-hydrogen) atoms. The van der Waals surface area contributed by atoms with Crippen molar-refractivity contribution in [3.8, 4) is 0 Å². The Bertz CT molecular complexity index is 1310. The number of carbonyl (C=O) groups is 2. The molecular formula is C25H18N4O2. The van der Waals surface area contributed by atoms with E-state index in [9.17, 15) is 9.59 Å². The second-order valence-electron chi connectivity index (χ2n) is 7.25. The van der Waals surface area contributed by atoms with E-state index in [1.807, 2.05) is 48.5 Å². The van der Waals surface area contributed by atoms with Gasteiger partial charge in [-0.25, -0.2) is 5.43 Å². The fourth-order valence-electron chi connectivity index (χ4n) is 3.76. The van der Waals surface area contributed by atoms with Crippen LogP contribution in [0, 0.1) is 0 Å². The highest BCUT2D eigenvalue weighted by Crippen LogP contribution is 2.37. The maximum Gasteiger partial charge on any atom is 0.271 e. The number of rotatable bonds is 5. The average molecular weight is 406 g/mol. The van der Waals surface area contributed by atoms with E-state index in [2.05, 4.69) is 15.5 Å². The topological polar surface area (TPSA) is 74.7 Å². The molecule has 6 nitrogen and oxygen atoms in total. The molecule has 2 amide bonds. The molecule has 0 bridgehead atoms. The molecule has 1 N–H and O–H groups in total. The van der Waals surface area contributed by atoms with Crippen molar-refractivity contribution in [3.63, 3.8) is 0 Å². The van der Waals surface area contributed by atoms with E-state index >= 15 is 0 Å². The molecule has 0 spiro atoms. The molecule has 3 aromatic carbocycles. The smallest absolute Gasteiger partial charge is 0.271 e. The number of hydrogen-bond donors (Lipinski definition) is 1. The van der Waals surface area contributed by atoms with Crippen LogP contribution in [0.3, 0.4) is 0 Å². The third-order valence-electron chi connectivity index (χ3n) is 5.29. The maximum absolute atomic E-state index is 12.9. The van der Waals surface area contributed by atoms with Gasteiger partial charge < -0.3 is 4.90 Å². The van der Waals surface area contributed by atoms with Crippen molar-refractivity contribution < 1.29 is 9.59 Å². The molecule has 0 aliphatic carbocycles. The molecule has 150 valence electrons. The van der Waals surface area contributed by atoms with E-state index in [1.165, 1.54) is 0 Å². The minimum Gasteiger partial charge on any atom is -0.303 e. The van der Waals surface area contributed by atoms with E-state index < -0.39 is 0 Å². The summed E-state index contributed by atoms with van der Waals surface area (Å²) in [4.78, 5) is 31.0. The lowest BCUT2D eigenvalue weighted by atomic mass is 10.1. The first-order chi connectivity index (χ1) is 15.2. The Kier molecular flexibility index (Phi) is 4.72. The van der Waals surface area contributed by atoms with E-state index in [0.717, 1.165) is 33.2 Å². The summed E-state index contributed by atoms with van der Waals surface area (Å²) in [5.41, 5.74) is 6.45. The van der Waals surface area contributed by atoms with Crippen LogP contribution in [-0.2, 0) is 6.54 Å². The summed E-state index contributed by atoms with van der Waals surface area (Å²) in [6, 6.07) is 22.5. The first-order valence-electron chi connectivity index (χ1n) is 9.87. The van der Waals surface area contributed by atoms with Crippen molar-refractivity contribution in [2.45, 2.75) is 6.54 Å². The van der Waals surface area contributed by atoms with Crippen LogP contribution in [0.1, 0.15) is 31.8 Å². The van der Waals surface area contributed by atoms with Gasteiger partial charge in [0.25, 0.3) is 11.8 Å². The highest BCUT2D eigenvalue weighted by molar-refractivity contribution is 6.24. The highest BCUT2D eigenvalue weighted by atomic mass is 16.2. The molecule has 0 saturated carbocycles. The van der Waals surface area contributed by atoms with Crippen LogP contribution in [0.25, 0.3) is 10.8 Å². The molecule has 0 unspecified atom stereocenters. The highest BCUT2D eigenvalue weighted by Gasteiger charge is 2.29. The number of aromatic nitrogens is 1. The van der Waals surface area contributed by atoms with Crippen LogP contribution in [0.2, 0.25) is 0 Å². The van der Waals surface area contributed by atoms with E-state index in [0.29, 0.717) is 12.1 Å². The van der Waals surface area contributed by atoms with Gasteiger partial charge in [0.2, 0.25) is 0 Å². The molecule has 6 heteroatoms. The molecule has 2 heterocycles. The van der Waals surface area contributed by atoms with Gasteiger partial charge in [0.05, 0.1) is 18.4 Å². The van der Waals surface area contributed by atoms with Gasteiger partial charge >= 0.3 is 0 Å². The Morgan fingerprint density at radius 2 is 1.71 bits per heavy atom. The van der Waals surface area contributed by atoms with Gasteiger partial charge in [-0.3, -0.25) is 14.6 Å². The summed E-state index contributed by atoms with van der Waals surface area (Å²) in [5, 5.41) is 6.03. The van der Waals surface area contributed by atoms with Gasteiger partial charge in [-0.1, -0.05) is 36.4 Å². The Balaban J connectivity index is 1.29. The Morgan fingerprint density at radius 1 is 0.968 bits per heavy atom. The maximum atomic E-state index is 12.9. The second-order valence-corrected chi connectivity index (χ2v) is 7.25. The third kappa shape index (κ3) is 3.55. The number of benzene rings is 3. The molecule has 1 aromatic heterocycles. The Labute approximate surface area is 178 Å². The predicted octanol–water partition coefficient (Wildman–Crippen LogP) is 4.16. The van der Waals surface area contributed by atoms with Crippen LogP contribution in [-0.4, -0.2) is 23.0 Å². The van der Waals surface area contributed by atoms with Crippen molar-refractivity contribution in [1.29, 1.82) is 0 Å². The quantitative estimate of drug-likeness (QED) is 0.399. The molecule has 1 aliphatic rings. The molecule has 0 fully saturated rings. The van der Waals surface area contributed by atoms with E-state index in [4.69, 9.17) is 0 Å². The van der Waals surface area contributed by atoms with Crippen molar-refractivity contribution in [1.82, 2.24) is 10.4 Å². The fourth-order valence-corrected chi connectivity index (χ4v) is 3.76. The molecule has 5 rings (SSSR count). The zero-order valence-electron chi connectivity index (χ0n) is 16.5. The average Bonchev–Trinajstić information content (AvgIpc) is 3.08. The number of hydrogen-bond acceptors (Lipinski definition) is 4. The molecular weight excluding hydrogens is 388 g/mol. The number of nitrogens with one attached hydrogen (secondary N) is 1. The third-order valence-corrected chi connectivity index (χ3v) is 5.29. The summed E-state index contributed by atoms with van der Waals surface area (Å²) in [7, 11) is 0. The number of nitrogens with zero attached hydrogens (tertiary/aromatic N) is 3. The van der Waals surface area contributed by atoms with E-state index in [1.54, 1.807) is 47.8 Å². The molecule has 0 saturated heterocycles. The number of hydrazone groups is 1. The summed E-state index contributed by atoms with van der Waals surface area (Å²) in [6.45, 7) is 0.439. The first kappa shape index (κ1) is 18.7. The Hall–Kier alpha value is -4.32. The summed E-state index contributed by atoms with van der Waals surface area (Å²) >= 11 is 0. The fraction of sp³-hybridized carbons (Fsp3) is 0.0400. The predicted molar refractivity (Wildman–Crippen MR) is 120 cm³/mol. The van der Waals surface area contributed by atoms with Crippen LogP contribution in [0.4, 0.5) is 5.69 Å². The largest absolute Gasteiger partial charge is 0.303 e. The Morgan fingerprint density at radius 3 is 2.48 bits per heavy atom. The van der Waals surface area contributed by atoms with E-state index in [-0.39, 0.29) is 11.8 Å². The summed E-state index contributed by atoms with van der Waals surface area (Å²) < 4.78 is 0. The number of amides is 2. The van der Waals surface area contributed by atoms with Crippen molar-refractivity contribution in [3.05, 3.63) is 107 Å². The van der Waals surface area contributed by atoms with Crippen molar-refractivity contribution in [2.24, 2.45) is 5.10 Å². The molecule has 4 aromatic rings. The van der Waals surface area contributed by atoms with Crippen LogP contribution >= 0.6 is 0 Å². The number of carbonyl (C=O) groups excluding carboxylic acids is 2. The molecule has 0 atom stereocenters. The number of pyridine rings is 1.